The van der Waals surface area contributed by atoms with E-state index in [4.69, 9.17) is 14.6 Å². The fourth-order valence-corrected chi connectivity index (χ4v) is 4.84. The van der Waals surface area contributed by atoms with E-state index in [0.717, 1.165) is 35.6 Å². The van der Waals surface area contributed by atoms with Crippen molar-refractivity contribution in [3.05, 3.63) is 83.9 Å². The van der Waals surface area contributed by atoms with Gasteiger partial charge in [0.15, 0.2) is 0 Å². The number of carbonyl (C=O) groups excluding carboxylic acids is 1. The molecule has 5 rings (SSSR count). The van der Waals surface area contributed by atoms with Crippen molar-refractivity contribution in [2.75, 3.05) is 39.3 Å². The van der Waals surface area contributed by atoms with Crippen molar-refractivity contribution in [3.63, 3.8) is 0 Å². The highest BCUT2D eigenvalue weighted by Crippen LogP contribution is 2.31. The fraction of sp³-hybridized carbons (Fsp3) is 0.222. The van der Waals surface area contributed by atoms with Crippen LogP contribution in [0.25, 0.3) is 10.2 Å². The number of para-hydroxylation sites is 1. The van der Waals surface area contributed by atoms with E-state index in [-0.39, 0.29) is 11.5 Å². The van der Waals surface area contributed by atoms with E-state index < -0.39 is 5.97 Å². The van der Waals surface area contributed by atoms with Crippen LogP contribution in [0.2, 0.25) is 0 Å². The van der Waals surface area contributed by atoms with Crippen LogP contribution in [0.5, 0.6) is 16.7 Å². The van der Waals surface area contributed by atoms with Crippen molar-refractivity contribution >= 4 is 33.4 Å². The van der Waals surface area contributed by atoms with Crippen molar-refractivity contribution in [2.24, 2.45) is 0 Å². The zero-order chi connectivity index (χ0) is 24.9. The van der Waals surface area contributed by atoms with Crippen LogP contribution in [0, 0.1) is 0 Å². The number of aromatic nitrogens is 1. The summed E-state index contributed by atoms with van der Waals surface area (Å²) in [6, 6.07) is 21.5. The third kappa shape index (κ3) is 5.64. The molecule has 1 aliphatic heterocycles. The molecule has 0 atom stereocenters. The van der Waals surface area contributed by atoms with Crippen molar-refractivity contribution in [1.29, 1.82) is 0 Å². The topological polar surface area (TPSA) is 92.2 Å². The van der Waals surface area contributed by atoms with E-state index in [1.807, 2.05) is 48.5 Å². The number of fused-ring (bicyclic) bond motifs is 1. The molecule has 0 aliphatic carbocycles. The molecule has 1 amide bonds. The van der Waals surface area contributed by atoms with E-state index in [2.05, 4.69) is 9.88 Å². The Kier molecular flexibility index (Phi) is 7.11. The maximum Gasteiger partial charge on any atom is 0.335 e. The number of carbonyl (C=O) groups is 2. The molecular weight excluding hydrogens is 478 g/mol. The number of carboxylic acid groups (broad SMARTS) is 1. The van der Waals surface area contributed by atoms with Crippen LogP contribution in [0.3, 0.4) is 0 Å². The Hall–Kier alpha value is -3.95. The number of ether oxygens (including phenoxy) is 2. The van der Waals surface area contributed by atoms with Gasteiger partial charge in [0.05, 0.1) is 15.8 Å². The lowest BCUT2D eigenvalue weighted by Crippen LogP contribution is -2.49. The van der Waals surface area contributed by atoms with Crippen LogP contribution in [0.15, 0.2) is 72.8 Å². The second-order valence-corrected chi connectivity index (χ2v) is 9.38. The van der Waals surface area contributed by atoms with E-state index in [1.165, 1.54) is 23.5 Å². The largest absolute Gasteiger partial charge is 0.492 e. The molecule has 0 saturated carbocycles. The van der Waals surface area contributed by atoms with Gasteiger partial charge in [0.25, 0.3) is 11.1 Å². The fourth-order valence-electron chi connectivity index (χ4n) is 4.00. The quantitative estimate of drug-likeness (QED) is 0.375. The molecule has 1 fully saturated rings. The number of amides is 1. The number of hydrogen-bond donors (Lipinski definition) is 1. The number of hydrogen-bond acceptors (Lipinski definition) is 7. The van der Waals surface area contributed by atoms with Gasteiger partial charge >= 0.3 is 5.97 Å². The monoisotopic (exact) mass is 503 g/mol. The number of aromatic carboxylic acids is 1. The summed E-state index contributed by atoms with van der Waals surface area (Å²) in [5, 5.41) is 9.62. The molecule has 0 radical (unpaired) electrons. The normalized spacial score (nSPS) is 14.1. The summed E-state index contributed by atoms with van der Waals surface area (Å²) in [4.78, 5) is 32.2. The summed E-state index contributed by atoms with van der Waals surface area (Å²) in [7, 11) is 0. The van der Waals surface area contributed by atoms with Gasteiger partial charge < -0.3 is 19.5 Å². The minimum Gasteiger partial charge on any atom is -0.492 e. The molecule has 0 unspecified atom stereocenters. The van der Waals surface area contributed by atoms with Gasteiger partial charge in [0.2, 0.25) is 0 Å². The summed E-state index contributed by atoms with van der Waals surface area (Å²) >= 11 is 1.51. The van der Waals surface area contributed by atoms with Gasteiger partial charge in [-0.25, -0.2) is 9.78 Å². The lowest BCUT2D eigenvalue weighted by Gasteiger charge is -2.34. The highest BCUT2D eigenvalue weighted by molar-refractivity contribution is 7.20. The molecule has 2 heterocycles. The number of rotatable bonds is 8. The Morgan fingerprint density at radius 2 is 1.53 bits per heavy atom. The molecule has 4 aromatic rings. The zero-order valence-corrected chi connectivity index (χ0v) is 20.3. The van der Waals surface area contributed by atoms with Crippen molar-refractivity contribution < 1.29 is 24.2 Å². The zero-order valence-electron chi connectivity index (χ0n) is 19.5. The number of piperazine rings is 1. The summed E-state index contributed by atoms with van der Waals surface area (Å²) in [5.74, 6) is 0.402. The van der Waals surface area contributed by atoms with E-state index in [9.17, 15) is 9.59 Å². The van der Waals surface area contributed by atoms with Crippen LogP contribution in [0.4, 0.5) is 0 Å². The van der Waals surface area contributed by atoms with Gasteiger partial charge in [-0.2, -0.15) is 0 Å². The van der Waals surface area contributed by atoms with Gasteiger partial charge in [0.1, 0.15) is 18.1 Å². The number of benzene rings is 3. The smallest absolute Gasteiger partial charge is 0.335 e. The van der Waals surface area contributed by atoms with E-state index >= 15 is 0 Å². The predicted octanol–water partition coefficient (Wildman–Crippen LogP) is 4.62. The molecule has 8 nitrogen and oxygen atoms in total. The molecule has 0 spiro atoms. The SMILES string of the molecule is O=C(O)c1ccc(C(=O)N2CCN(CCOc3ccc(Oc4nc5ccccc5s4)cc3)CC2)cc1. The van der Waals surface area contributed by atoms with Crippen molar-refractivity contribution in [3.8, 4) is 16.7 Å². The van der Waals surface area contributed by atoms with Gasteiger partial charge in [-0.15, -0.1) is 0 Å². The Morgan fingerprint density at radius 3 is 2.22 bits per heavy atom. The second kappa shape index (κ2) is 10.8. The van der Waals surface area contributed by atoms with Gasteiger partial charge in [-0.05, 0) is 60.7 Å². The Bertz CT molecular complexity index is 1310. The second-order valence-electron chi connectivity index (χ2n) is 8.39. The Morgan fingerprint density at radius 1 is 0.861 bits per heavy atom. The van der Waals surface area contributed by atoms with Crippen molar-refractivity contribution in [2.45, 2.75) is 0 Å². The van der Waals surface area contributed by atoms with Gasteiger partial charge in [-0.3, -0.25) is 9.69 Å². The molecule has 3 aromatic carbocycles. The van der Waals surface area contributed by atoms with E-state index in [1.54, 1.807) is 17.0 Å². The maximum absolute atomic E-state index is 12.7. The summed E-state index contributed by atoms with van der Waals surface area (Å²) in [6.45, 7) is 4.07. The first-order valence-electron chi connectivity index (χ1n) is 11.7. The summed E-state index contributed by atoms with van der Waals surface area (Å²) < 4.78 is 12.9. The summed E-state index contributed by atoms with van der Waals surface area (Å²) in [6.07, 6.45) is 0. The lowest BCUT2D eigenvalue weighted by atomic mass is 10.1. The van der Waals surface area contributed by atoms with Crippen molar-refractivity contribution in [1.82, 2.24) is 14.8 Å². The van der Waals surface area contributed by atoms with Crippen LogP contribution < -0.4 is 9.47 Å². The number of thiazole rings is 1. The van der Waals surface area contributed by atoms with Crippen LogP contribution in [-0.2, 0) is 0 Å². The molecule has 1 N–H and O–H groups in total. The average Bonchev–Trinajstić information content (AvgIpc) is 3.32. The lowest BCUT2D eigenvalue weighted by molar-refractivity contribution is 0.0618. The number of nitrogens with zero attached hydrogens (tertiary/aromatic N) is 3. The molecule has 1 saturated heterocycles. The van der Waals surface area contributed by atoms with Crippen LogP contribution in [0.1, 0.15) is 20.7 Å². The molecular formula is C27H25N3O5S. The third-order valence-electron chi connectivity index (χ3n) is 6.02. The highest BCUT2D eigenvalue weighted by atomic mass is 32.1. The van der Waals surface area contributed by atoms with Gasteiger partial charge in [0, 0.05) is 38.3 Å². The highest BCUT2D eigenvalue weighted by Gasteiger charge is 2.22. The molecule has 1 aromatic heterocycles. The van der Waals surface area contributed by atoms with E-state index in [0.29, 0.717) is 36.2 Å². The molecule has 0 bridgehead atoms. The average molecular weight is 504 g/mol. The predicted molar refractivity (Wildman–Crippen MR) is 137 cm³/mol. The minimum atomic E-state index is -1.00. The Balaban J connectivity index is 1.05. The molecule has 184 valence electrons. The molecule has 9 heteroatoms. The minimum absolute atomic E-state index is 0.0732. The summed E-state index contributed by atoms with van der Waals surface area (Å²) in [5.41, 5.74) is 1.61. The third-order valence-corrected chi connectivity index (χ3v) is 6.93. The Labute approximate surface area is 212 Å². The van der Waals surface area contributed by atoms with Crippen LogP contribution in [-0.4, -0.2) is 71.1 Å². The van der Waals surface area contributed by atoms with Crippen LogP contribution >= 0.6 is 11.3 Å². The molecule has 36 heavy (non-hydrogen) atoms. The standard InChI is InChI=1S/C27H25N3O5S/c31-25(19-5-7-20(8-6-19)26(32)33)30-15-13-29(14-16-30)17-18-34-21-9-11-22(12-10-21)35-27-28-23-3-1-2-4-24(23)36-27/h1-12H,13-18H2,(H,32,33). The maximum atomic E-state index is 12.7. The first-order valence-corrected chi connectivity index (χ1v) is 12.5. The van der Waals surface area contributed by atoms with Gasteiger partial charge in [-0.1, -0.05) is 23.5 Å². The first kappa shape index (κ1) is 23.8. The molecule has 1 aliphatic rings. The number of carboxylic acids is 1. The first-order chi connectivity index (χ1) is 17.5.